The highest BCUT2D eigenvalue weighted by atomic mass is 35.5. The molecule has 0 radical (unpaired) electrons. The number of rotatable bonds is 4. The summed E-state index contributed by atoms with van der Waals surface area (Å²) >= 11 is 6.09. The fourth-order valence-electron chi connectivity index (χ4n) is 1.96. The molecule has 1 aromatic carbocycles. The maximum absolute atomic E-state index is 12.2. The SMILES string of the molecule is O=S(=O)(c1ccccc1)C(Cl)C[NH+]1CCOCC1.[Cl-]. The highest BCUT2D eigenvalue weighted by Crippen LogP contribution is 2.17. The molecule has 108 valence electrons. The number of morpholine rings is 1. The van der Waals surface area contributed by atoms with Crippen molar-refractivity contribution in [3.05, 3.63) is 30.3 Å². The van der Waals surface area contributed by atoms with Crippen LogP contribution in [0.2, 0.25) is 0 Å². The Hall–Kier alpha value is -0.330. The van der Waals surface area contributed by atoms with E-state index in [0.717, 1.165) is 13.1 Å². The van der Waals surface area contributed by atoms with Gasteiger partial charge in [-0.25, -0.2) is 8.42 Å². The lowest BCUT2D eigenvalue weighted by atomic mass is 10.4. The predicted molar refractivity (Wildman–Crippen MR) is 69.7 cm³/mol. The van der Waals surface area contributed by atoms with Gasteiger partial charge in [0.15, 0.2) is 4.71 Å². The van der Waals surface area contributed by atoms with E-state index >= 15 is 0 Å². The zero-order valence-electron chi connectivity index (χ0n) is 10.4. The van der Waals surface area contributed by atoms with Crippen LogP contribution in [0.3, 0.4) is 0 Å². The lowest BCUT2D eigenvalue weighted by molar-refractivity contribution is -0.906. The molecule has 0 bridgehead atoms. The molecule has 1 N–H and O–H groups in total. The Morgan fingerprint density at radius 2 is 1.79 bits per heavy atom. The fraction of sp³-hybridized carbons (Fsp3) is 0.500. The van der Waals surface area contributed by atoms with E-state index in [0.29, 0.717) is 19.8 Å². The quantitative estimate of drug-likeness (QED) is 0.598. The van der Waals surface area contributed by atoms with Gasteiger partial charge in [0.25, 0.3) is 0 Å². The van der Waals surface area contributed by atoms with Crippen molar-refractivity contribution in [2.75, 3.05) is 32.8 Å². The van der Waals surface area contributed by atoms with E-state index < -0.39 is 14.5 Å². The van der Waals surface area contributed by atoms with Crippen LogP contribution in [0.4, 0.5) is 0 Å². The fourth-order valence-corrected chi connectivity index (χ4v) is 3.77. The molecule has 1 heterocycles. The van der Waals surface area contributed by atoms with Crippen LogP contribution < -0.4 is 17.3 Å². The van der Waals surface area contributed by atoms with E-state index in [4.69, 9.17) is 16.3 Å². The first-order valence-electron chi connectivity index (χ1n) is 5.95. The molecule has 7 heteroatoms. The van der Waals surface area contributed by atoms with Gasteiger partial charge in [0, 0.05) is 0 Å². The molecule has 0 aliphatic carbocycles. The van der Waals surface area contributed by atoms with E-state index in [-0.39, 0.29) is 17.3 Å². The standard InChI is InChI=1S/C12H16ClNO3S.ClH/c13-12(10-14-6-8-17-9-7-14)18(15,16)11-4-2-1-3-5-11;/h1-5,12H,6-10H2;1H. The van der Waals surface area contributed by atoms with Crippen molar-refractivity contribution in [1.29, 1.82) is 0 Å². The maximum Gasteiger partial charge on any atom is 0.200 e. The van der Waals surface area contributed by atoms with Gasteiger partial charge < -0.3 is 22.0 Å². The smallest absolute Gasteiger partial charge is 0.200 e. The van der Waals surface area contributed by atoms with Crippen molar-refractivity contribution in [2.45, 2.75) is 9.60 Å². The number of ether oxygens (including phenoxy) is 1. The van der Waals surface area contributed by atoms with E-state index in [1.54, 1.807) is 30.3 Å². The molecule has 0 aromatic heterocycles. The van der Waals surface area contributed by atoms with Crippen LogP contribution in [-0.2, 0) is 14.6 Å². The minimum absolute atomic E-state index is 0. The molecule has 2 rings (SSSR count). The Balaban J connectivity index is 0.00000180. The first-order chi connectivity index (χ1) is 8.60. The third kappa shape index (κ3) is 4.33. The minimum Gasteiger partial charge on any atom is -1.00 e. The second-order valence-corrected chi connectivity index (χ2v) is 7.25. The maximum atomic E-state index is 12.2. The number of alkyl halides is 1. The summed E-state index contributed by atoms with van der Waals surface area (Å²) in [5.74, 6) is 0. The second-order valence-electron chi connectivity index (χ2n) is 4.33. The average Bonchev–Trinajstić information content (AvgIpc) is 2.41. The number of benzene rings is 1. The highest BCUT2D eigenvalue weighted by molar-refractivity contribution is 7.93. The van der Waals surface area contributed by atoms with E-state index in [1.807, 2.05) is 0 Å². The molecule has 1 unspecified atom stereocenters. The Kier molecular flexibility index (Phi) is 6.56. The lowest BCUT2D eigenvalue weighted by Gasteiger charge is -2.25. The van der Waals surface area contributed by atoms with Gasteiger partial charge >= 0.3 is 0 Å². The van der Waals surface area contributed by atoms with Gasteiger partial charge in [-0.3, -0.25) is 0 Å². The summed E-state index contributed by atoms with van der Waals surface area (Å²) < 4.78 is 28.8. The molecular weight excluding hydrogens is 309 g/mol. The average molecular weight is 326 g/mol. The van der Waals surface area contributed by atoms with Crippen molar-refractivity contribution in [2.24, 2.45) is 0 Å². The monoisotopic (exact) mass is 325 g/mol. The minimum atomic E-state index is -3.43. The van der Waals surface area contributed by atoms with Gasteiger partial charge in [-0.1, -0.05) is 29.8 Å². The summed E-state index contributed by atoms with van der Waals surface area (Å²) in [6.45, 7) is 3.39. The molecule has 1 atom stereocenters. The second kappa shape index (κ2) is 7.45. The van der Waals surface area contributed by atoms with Crippen molar-refractivity contribution in [3.63, 3.8) is 0 Å². The number of nitrogens with one attached hydrogen (secondary N) is 1. The number of sulfone groups is 1. The van der Waals surface area contributed by atoms with E-state index in [2.05, 4.69) is 0 Å². The summed E-state index contributed by atoms with van der Waals surface area (Å²) in [7, 11) is -3.43. The van der Waals surface area contributed by atoms with Crippen LogP contribution in [0.15, 0.2) is 35.2 Å². The molecule has 1 fully saturated rings. The Morgan fingerprint density at radius 3 is 2.37 bits per heavy atom. The zero-order chi connectivity index (χ0) is 13.0. The van der Waals surface area contributed by atoms with Gasteiger partial charge in [0.1, 0.15) is 19.6 Å². The molecule has 1 saturated heterocycles. The number of quaternary nitrogens is 1. The van der Waals surface area contributed by atoms with Gasteiger partial charge in [-0.2, -0.15) is 0 Å². The summed E-state index contributed by atoms with van der Waals surface area (Å²) in [6.07, 6.45) is 0. The summed E-state index contributed by atoms with van der Waals surface area (Å²) in [5.41, 5.74) is 0. The van der Waals surface area contributed by atoms with Gasteiger partial charge in [-0.15, -0.1) is 0 Å². The predicted octanol–water partition coefficient (Wildman–Crippen LogP) is -3.06. The topological polar surface area (TPSA) is 47.8 Å². The summed E-state index contributed by atoms with van der Waals surface area (Å²) in [6, 6.07) is 8.37. The Bertz CT molecular complexity index is 475. The molecule has 4 nitrogen and oxygen atoms in total. The van der Waals surface area contributed by atoms with Crippen molar-refractivity contribution in [3.8, 4) is 0 Å². The van der Waals surface area contributed by atoms with Gasteiger partial charge in [-0.05, 0) is 12.1 Å². The molecule has 0 spiro atoms. The van der Waals surface area contributed by atoms with Crippen LogP contribution in [0.1, 0.15) is 0 Å². The van der Waals surface area contributed by atoms with Gasteiger partial charge in [0.2, 0.25) is 9.84 Å². The van der Waals surface area contributed by atoms with Crippen LogP contribution in [-0.4, -0.2) is 46.0 Å². The highest BCUT2D eigenvalue weighted by Gasteiger charge is 2.30. The van der Waals surface area contributed by atoms with Gasteiger partial charge in [0.05, 0.1) is 18.1 Å². The first-order valence-corrected chi connectivity index (χ1v) is 7.93. The van der Waals surface area contributed by atoms with Crippen LogP contribution in [0, 0.1) is 0 Å². The van der Waals surface area contributed by atoms with Crippen LogP contribution >= 0.6 is 11.6 Å². The van der Waals surface area contributed by atoms with Crippen molar-refractivity contribution >= 4 is 21.4 Å². The molecule has 1 aliphatic heterocycles. The van der Waals surface area contributed by atoms with Crippen molar-refractivity contribution in [1.82, 2.24) is 0 Å². The molecule has 19 heavy (non-hydrogen) atoms. The Morgan fingerprint density at radius 1 is 1.21 bits per heavy atom. The number of hydrogen-bond donors (Lipinski definition) is 1. The van der Waals surface area contributed by atoms with E-state index in [9.17, 15) is 8.42 Å². The number of halogens is 2. The molecule has 1 aromatic rings. The third-order valence-corrected chi connectivity index (χ3v) is 5.68. The first kappa shape index (κ1) is 16.7. The lowest BCUT2D eigenvalue weighted by Crippen LogP contribution is -3.15. The van der Waals surface area contributed by atoms with Crippen LogP contribution in [0.25, 0.3) is 0 Å². The molecule has 0 amide bonds. The largest absolute Gasteiger partial charge is 1.00 e. The summed E-state index contributed by atoms with van der Waals surface area (Å²) in [5, 5.41) is 0. The third-order valence-electron chi connectivity index (χ3n) is 3.06. The van der Waals surface area contributed by atoms with E-state index in [1.165, 1.54) is 4.90 Å². The van der Waals surface area contributed by atoms with Crippen LogP contribution in [0.5, 0.6) is 0 Å². The normalized spacial score (nSPS) is 18.6. The molecule has 0 saturated carbocycles. The Labute approximate surface area is 125 Å². The number of hydrogen-bond acceptors (Lipinski definition) is 3. The molecular formula is C12H17Cl2NO3S. The van der Waals surface area contributed by atoms with Crippen molar-refractivity contribution < 1.29 is 30.5 Å². The molecule has 1 aliphatic rings. The summed E-state index contributed by atoms with van der Waals surface area (Å²) in [4.78, 5) is 1.47. The zero-order valence-corrected chi connectivity index (χ0v) is 12.7.